The van der Waals surface area contributed by atoms with Crippen molar-refractivity contribution in [1.82, 2.24) is 5.32 Å². The summed E-state index contributed by atoms with van der Waals surface area (Å²) in [7, 11) is 1.55. The van der Waals surface area contributed by atoms with Gasteiger partial charge in [-0.3, -0.25) is 13.8 Å². The Morgan fingerprint density at radius 2 is 0.806 bits per heavy atom. The van der Waals surface area contributed by atoms with Gasteiger partial charge in [-0.25, -0.2) is 4.57 Å². The first-order valence-corrected chi connectivity index (χ1v) is 32.2. The van der Waals surface area contributed by atoms with Gasteiger partial charge in [-0.05, 0) is 77.0 Å². The lowest BCUT2D eigenvalue weighted by molar-refractivity contribution is -0.870. The Bertz CT molecular complexity index is 1360. The van der Waals surface area contributed by atoms with Gasteiger partial charge in [0.2, 0.25) is 5.91 Å². The first-order valence-electron chi connectivity index (χ1n) is 30.7. The van der Waals surface area contributed by atoms with Gasteiger partial charge in [-0.15, -0.1) is 0 Å². The van der Waals surface area contributed by atoms with Crippen molar-refractivity contribution < 1.29 is 32.9 Å². The number of nitrogens with one attached hydrogen (secondary N) is 1. The van der Waals surface area contributed by atoms with Crippen molar-refractivity contribution >= 4 is 13.7 Å². The number of quaternary nitrogens is 1. The van der Waals surface area contributed by atoms with Crippen molar-refractivity contribution in [2.24, 2.45) is 0 Å². The van der Waals surface area contributed by atoms with Crippen LogP contribution in [-0.4, -0.2) is 73.4 Å². The quantitative estimate of drug-likeness (QED) is 0.0243. The Morgan fingerprint density at radius 1 is 0.472 bits per heavy atom. The molecule has 3 atom stereocenters. The van der Waals surface area contributed by atoms with Gasteiger partial charge in [0.05, 0.1) is 39.9 Å². The Morgan fingerprint density at radius 3 is 1.19 bits per heavy atom. The van der Waals surface area contributed by atoms with E-state index in [1.54, 1.807) is 6.08 Å². The molecular formula is C63H120N2O6P+. The molecule has 9 heteroatoms. The first kappa shape index (κ1) is 70.2. The Kier molecular flexibility index (Phi) is 52.7. The average molecular weight is 1030 g/mol. The lowest BCUT2D eigenvalue weighted by Crippen LogP contribution is -2.45. The fourth-order valence-corrected chi connectivity index (χ4v) is 9.61. The number of hydrogen-bond acceptors (Lipinski definition) is 5. The molecule has 0 radical (unpaired) electrons. The normalized spacial score (nSPS) is 14.3. The molecular weight excluding hydrogens is 912 g/mol. The first-order chi connectivity index (χ1) is 35.0. The zero-order chi connectivity index (χ0) is 52.7. The van der Waals surface area contributed by atoms with Gasteiger partial charge in [0.1, 0.15) is 13.2 Å². The second kappa shape index (κ2) is 54.0. The second-order valence-corrected chi connectivity index (χ2v) is 23.5. The van der Waals surface area contributed by atoms with E-state index in [1.165, 1.54) is 212 Å². The number of phosphoric acid groups is 1. The van der Waals surface area contributed by atoms with Crippen molar-refractivity contribution in [2.75, 3.05) is 40.9 Å². The molecule has 0 aliphatic carbocycles. The maximum absolute atomic E-state index is 13.0. The van der Waals surface area contributed by atoms with Crippen molar-refractivity contribution in [3.05, 3.63) is 60.8 Å². The highest BCUT2D eigenvalue weighted by Crippen LogP contribution is 2.43. The maximum atomic E-state index is 13.0. The molecule has 0 heterocycles. The van der Waals surface area contributed by atoms with E-state index in [1.807, 2.05) is 27.2 Å². The third-order valence-electron chi connectivity index (χ3n) is 13.7. The minimum atomic E-state index is -4.36. The van der Waals surface area contributed by atoms with Gasteiger partial charge in [0, 0.05) is 6.42 Å². The SMILES string of the molecule is CCCCCCC/C=C\C/C=C\CCCCCCCCCCCCCCCC(=O)NC(COP(=O)(O)OCC[N+](C)(C)C)C(O)/C=C/CC/C=C/CC/C=C/CCCCCCCCCCCCCCCCC. The number of amides is 1. The van der Waals surface area contributed by atoms with Crippen LogP contribution < -0.4 is 5.32 Å². The van der Waals surface area contributed by atoms with E-state index in [0.717, 1.165) is 51.4 Å². The largest absolute Gasteiger partial charge is 0.472 e. The number of carbonyl (C=O) groups excluding carboxylic acids is 1. The maximum Gasteiger partial charge on any atom is 0.472 e. The minimum absolute atomic E-state index is 0.0523. The van der Waals surface area contributed by atoms with Crippen LogP contribution in [0.15, 0.2) is 60.8 Å². The number of aliphatic hydroxyl groups is 1. The summed E-state index contributed by atoms with van der Waals surface area (Å²) in [5, 5.41) is 13.9. The van der Waals surface area contributed by atoms with Crippen molar-refractivity contribution in [1.29, 1.82) is 0 Å². The number of rotatable bonds is 56. The topological polar surface area (TPSA) is 105 Å². The molecule has 1 amide bonds. The molecule has 0 bridgehead atoms. The van der Waals surface area contributed by atoms with E-state index in [-0.39, 0.29) is 19.1 Å². The number of unbranched alkanes of at least 4 members (excludes halogenated alkanes) is 35. The standard InChI is InChI=1S/C63H119N2O6P/c1-6-8-10-12-14-16-18-20-22-24-26-28-30-32-34-36-38-40-42-44-46-48-50-52-54-56-62(66)61(60-71-72(68,69)70-59-58-65(3,4)5)64-63(67)57-55-53-51-49-47-45-43-41-39-37-35-33-31-29-27-25-23-21-19-17-15-13-11-9-7-2/h19,21,25,27,38,40,46,48,54,56,61-62,66H,6-18,20,22-24,26,28-37,39,41-45,47,49-53,55,57-60H2,1-5H3,(H-,64,67,68,69)/p+1/b21-19-,27-25-,40-38+,48-46+,56-54+. The summed E-state index contributed by atoms with van der Waals surface area (Å²) < 4.78 is 23.7. The summed E-state index contributed by atoms with van der Waals surface area (Å²) in [6.07, 6.45) is 73.4. The monoisotopic (exact) mass is 1030 g/mol. The molecule has 0 spiro atoms. The predicted octanol–water partition coefficient (Wildman–Crippen LogP) is 18.9. The molecule has 0 rings (SSSR count). The van der Waals surface area contributed by atoms with Crippen LogP contribution in [0.5, 0.6) is 0 Å². The average Bonchev–Trinajstić information content (AvgIpc) is 3.34. The molecule has 0 aromatic carbocycles. The zero-order valence-electron chi connectivity index (χ0n) is 48.2. The third kappa shape index (κ3) is 55.9. The van der Waals surface area contributed by atoms with Gasteiger partial charge in [-0.2, -0.15) is 0 Å². The van der Waals surface area contributed by atoms with E-state index < -0.39 is 20.0 Å². The molecule has 3 unspecified atom stereocenters. The molecule has 72 heavy (non-hydrogen) atoms. The lowest BCUT2D eigenvalue weighted by Gasteiger charge is -2.25. The summed E-state index contributed by atoms with van der Waals surface area (Å²) in [6.45, 7) is 4.80. The highest BCUT2D eigenvalue weighted by atomic mass is 31.2. The minimum Gasteiger partial charge on any atom is -0.387 e. The second-order valence-electron chi connectivity index (χ2n) is 22.1. The van der Waals surface area contributed by atoms with Gasteiger partial charge in [-0.1, -0.05) is 261 Å². The summed E-state index contributed by atoms with van der Waals surface area (Å²) in [5.41, 5.74) is 0. The molecule has 0 saturated heterocycles. The van der Waals surface area contributed by atoms with Crippen LogP contribution in [-0.2, 0) is 18.4 Å². The molecule has 0 saturated carbocycles. The molecule has 0 aromatic rings. The third-order valence-corrected chi connectivity index (χ3v) is 14.7. The number of likely N-dealkylation sites (N-methyl/N-ethyl adjacent to an activating group) is 1. The number of phosphoric ester groups is 1. The molecule has 0 fully saturated rings. The predicted molar refractivity (Wildman–Crippen MR) is 314 cm³/mol. The fourth-order valence-electron chi connectivity index (χ4n) is 8.87. The fraction of sp³-hybridized carbons (Fsp3) is 0.825. The molecule has 0 aliphatic rings. The number of allylic oxidation sites excluding steroid dienone is 9. The number of aliphatic hydroxyl groups excluding tert-OH is 1. The number of nitrogens with zero attached hydrogens (tertiary/aromatic N) is 1. The van der Waals surface area contributed by atoms with Crippen LogP contribution in [0, 0.1) is 0 Å². The molecule has 0 aliphatic heterocycles. The Labute approximate surface area is 447 Å². The van der Waals surface area contributed by atoms with Crippen LogP contribution >= 0.6 is 7.82 Å². The summed E-state index contributed by atoms with van der Waals surface area (Å²) >= 11 is 0. The van der Waals surface area contributed by atoms with Crippen LogP contribution in [0.3, 0.4) is 0 Å². The summed E-state index contributed by atoms with van der Waals surface area (Å²) in [6, 6.07) is -0.873. The highest BCUT2D eigenvalue weighted by molar-refractivity contribution is 7.47. The van der Waals surface area contributed by atoms with Crippen LogP contribution in [0.4, 0.5) is 0 Å². The molecule has 422 valence electrons. The lowest BCUT2D eigenvalue weighted by atomic mass is 10.0. The Balaban J connectivity index is 4.24. The van der Waals surface area contributed by atoms with Crippen LogP contribution in [0.25, 0.3) is 0 Å². The summed E-state index contributed by atoms with van der Waals surface area (Å²) in [5.74, 6) is -0.190. The zero-order valence-corrected chi connectivity index (χ0v) is 49.1. The number of carbonyl (C=O) groups is 1. The van der Waals surface area contributed by atoms with Gasteiger partial charge < -0.3 is 19.8 Å². The van der Waals surface area contributed by atoms with Crippen LogP contribution in [0.1, 0.15) is 284 Å². The van der Waals surface area contributed by atoms with E-state index in [2.05, 4.69) is 67.8 Å². The van der Waals surface area contributed by atoms with Crippen LogP contribution in [0.2, 0.25) is 0 Å². The Hall–Kier alpha value is -1.80. The van der Waals surface area contributed by atoms with Gasteiger partial charge >= 0.3 is 7.82 Å². The van der Waals surface area contributed by atoms with Crippen molar-refractivity contribution in [3.8, 4) is 0 Å². The van der Waals surface area contributed by atoms with E-state index in [9.17, 15) is 19.4 Å². The van der Waals surface area contributed by atoms with Gasteiger partial charge in [0.15, 0.2) is 0 Å². The molecule has 8 nitrogen and oxygen atoms in total. The highest BCUT2D eigenvalue weighted by Gasteiger charge is 2.27. The van der Waals surface area contributed by atoms with E-state index in [4.69, 9.17) is 9.05 Å². The van der Waals surface area contributed by atoms with Crippen molar-refractivity contribution in [3.63, 3.8) is 0 Å². The molecule has 3 N–H and O–H groups in total. The smallest absolute Gasteiger partial charge is 0.387 e. The molecule has 0 aromatic heterocycles. The summed E-state index contributed by atoms with van der Waals surface area (Å²) in [4.78, 5) is 23.3. The van der Waals surface area contributed by atoms with E-state index in [0.29, 0.717) is 17.4 Å². The van der Waals surface area contributed by atoms with Crippen molar-refractivity contribution in [2.45, 2.75) is 296 Å². The van der Waals surface area contributed by atoms with Gasteiger partial charge in [0.25, 0.3) is 0 Å². The number of hydrogen-bond donors (Lipinski definition) is 3. The van der Waals surface area contributed by atoms with E-state index >= 15 is 0 Å².